The average Bonchev–Trinajstić information content (AvgIpc) is 3.41. The number of carbonyl (C=O) groups excluding carboxylic acids is 1. The molecule has 5 rings (SSSR count). The number of carbonyl (C=O) groups is 1. The summed E-state index contributed by atoms with van der Waals surface area (Å²) in [7, 11) is 2.03. The van der Waals surface area contributed by atoms with E-state index in [0.717, 1.165) is 48.6 Å². The molecular weight excluding hydrogens is 350 g/mol. The number of rotatable bonds is 3. The van der Waals surface area contributed by atoms with Crippen LogP contribution in [-0.4, -0.2) is 64.7 Å². The van der Waals surface area contributed by atoms with Crippen molar-refractivity contribution < 1.29 is 9.53 Å². The molecule has 148 valence electrons. The van der Waals surface area contributed by atoms with Crippen LogP contribution in [0.5, 0.6) is 0 Å². The minimum atomic E-state index is -0.103. The normalized spacial score (nSPS) is 24.1. The van der Waals surface area contributed by atoms with Crippen LogP contribution in [-0.2, 0) is 11.8 Å². The SMILES string of the molecule is Cc1c(C(=O)N2CC3(CC(N4CCCC4)CO3)C2)cc(-c2ccccc2)n1C. The fraction of sp³-hybridized carbons (Fsp3) is 0.522. The molecule has 1 spiro atoms. The molecule has 1 atom stereocenters. The third-order valence-corrected chi connectivity index (χ3v) is 6.93. The third kappa shape index (κ3) is 2.88. The summed E-state index contributed by atoms with van der Waals surface area (Å²) in [4.78, 5) is 17.7. The number of ether oxygens (including phenoxy) is 1. The zero-order valence-corrected chi connectivity index (χ0v) is 16.9. The Morgan fingerprint density at radius 1 is 1.14 bits per heavy atom. The van der Waals surface area contributed by atoms with Gasteiger partial charge in [0.1, 0.15) is 5.60 Å². The van der Waals surface area contributed by atoms with Crippen LogP contribution in [0.15, 0.2) is 36.4 Å². The van der Waals surface area contributed by atoms with Crippen LogP contribution in [0, 0.1) is 6.92 Å². The van der Waals surface area contributed by atoms with Crippen molar-refractivity contribution in [2.24, 2.45) is 7.05 Å². The lowest BCUT2D eigenvalue weighted by Gasteiger charge is -2.47. The molecule has 1 unspecified atom stereocenters. The van der Waals surface area contributed by atoms with Crippen LogP contribution in [0.4, 0.5) is 0 Å². The van der Waals surface area contributed by atoms with E-state index in [1.165, 1.54) is 25.9 Å². The predicted octanol–water partition coefficient (Wildman–Crippen LogP) is 3.08. The van der Waals surface area contributed by atoms with E-state index in [-0.39, 0.29) is 11.5 Å². The zero-order valence-electron chi connectivity index (χ0n) is 16.9. The van der Waals surface area contributed by atoms with Gasteiger partial charge in [-0.15, -0.1) is 0 Å². The third-order valence-electron chi connectivity index (χ3n) is 6.93. The Morgan fingerprint density at radius 3 is 2.57 bits per heavy atom. The minimum Gasteiger partial charge on any atom is -0.370 e. The van der Waals surface area contributed by atoms with Gasteiger partial charge in [0, 0.05) is 24.5 Å². The largest absolute Gasteiger partial charge is 0.370 e. The van der Waals surface area contributed by atoms with Gasteiger partial charge in [0.2, 0.25) is 0 Å². The van der Waals surface area contributed by atoms with Gasteiger partial charge in [-0.05, 0) is 50.9 Å². The quantitative estimate of drug-likeness (QED) is 0.823. The van der Waals surface area contributed by atoms with E-state index in [1.807, 2.05) is 43.1 Å². The lowest BCUT2D eigenvalue weighted by Crippen LogP contribution is -2.63. The molecule has 5 heteroatoms. The number of nitrogens with zero attached hydrogens (tertiary/aromatic N) is 3. The lowest BCUT2D eigenvalue weighted by molar-refractivity contribution is -0.0950. The molecule has 5 nitrogen and oxygen atoms in total. The number of aromatic nitrogens is 1. The minimum absolute atomic E-state index is 0.103. The molecule has 28 heavy (non-hydrogen) atoms. The standard InChI is InChI=1S/C23H29N3O2/c1-17-20(12-21(24(17)2)18-8-4-3-5-9-18)22(27)26-15-23(16-26)13-19(14-28-23)25-10-6-7-11-25/h3-5,8-9,12,19H,6-7,10-11,13-16H2,1-2H3. The fourth-order valence-corrected chi connectivity index (χ4v) is 5.15. The predicted molar refractivity (Wildman–Crippen MR) is 109 cm³/mol. The van der Waals surface area contributed by atoms with Gasteiger partial charge >= 0.3 is 0 Å². The monoisotopic (exact) mass is 379 g/mol. The van der Waals surface area contributed by atoms with Crippen molar-refractivity contribution >= 4 is 5.91 Å². The molecule has 1 aromatic heterocycles. The maximum absolute atomic E-state index is 13.2. The molecule has 4 heterocycles. The van der Waals surface area contributed by atoms with Crippen molar-refractivity contribution in [3.63, 3.8) is 0 Å². The van der Waals surface area contributed by atoms with Gasteiger partial charge in [0.25, 0.3) is 5.91 Å². The van der Waals surface area contributed by atoms with E-state index in [0.29, 0.717) is 6.04 Å². The Bertz CT molecular complexity index is 877. The maximum Gasteiger partial charge on any atom is 0.255 e. The number of likely N-dealkylation sites (tertiary alicyclic amines) is 2. The smallest absolute Gasteiger partial charge is 0.255 e. The summed E-state index contributed by atoms with van der Waals surface area (Å²) in [5.41, 5.74) is 3.95. The van der Waals surface area contributed by atoms with Crippen LogP contribution >= 0.6 is 0 Å². The summed E-state index contributed by atoms with van der Waals surface area (Å²) in [6.45, 7) is 6.72. The van der Waals surface area contributed by atoms with Crippen molar-refractivity contribution in [1.29, 1.82) is 0 Å². The molecule has 3 aliphatic rings. The summed E-state index contributed by atoms with van der Waals surface area (Å²) in [6.07, 6.45) is 3.69. The van der Waals surface area contributed by atoms with Gasteiger partial charge in [0.05, 0.1) is 25.3 Å². The summed E-state index contributed by atoms with van der Waals surface area (Å²) in [5.74, 6) is 0.133. The maximum atomic E-state index is 13.2. The van der Waals surface area contributed by atoms with Crippen LogP contribution in [0.1, 0.15) is 35.3 Å². The molecule has 1 aromatic carbocycles. The summed E-state index contributed by atoms with van der Waals surface area (Å²) >= 11 is 0. The Morgan fingerprint density at radius 2 is 1.86 bits per heavy atom. The highest BCUT2D eigenvalue weighted by Crippen LogP contribution is 2.39. The number of hydrogen-bond donors (Lipinski definition) is 0. The zero-order chi connectivity index (χ0) is 19.3. The first-order valence-electron chi connectivity index (χ1n) is 10.5. The van der Waals surface area contributed by atoms with Gasteiger partial charge in [0.15, 0.2) is 0 Å². The van der Waals surface area contributed by atoms with Crippen molar-refractivity contribution in [3.8, 4) is 11.3 Å². The van der Waals surface area contributed by atoms with Gasteiger partial charge in [-0.2, -0.15) is 0 Å². The van der Waals surface area contributed by atoms with Gasteiger partial charge in [-0.1, -0.05) is 30.3 Å². The van der Waals surface area contributed by atoms with E-state index in [9.17, 15) is 4.79 Å². The first kappa shape index (κ1) is 18.0. The van der Waals surface area contributed by atoms with Crippen LogP contribution in [0.2, 0.25) is 0 Å². The Kier molecular flexibility index (Phi) is 4.33. The second-order valence-electron chi connectivity index (χ2n) is 8.71. The second-order valence-corrected chi connectivity index (χ2v) is 8.71. The van der Waals surface area contributed by atoms with Crippen molar-refractivity contribution in [2.45, 2.75) is 37.8 Å². The molecule has 3 fully saturated rings. The Hall–Kier alpha value is -2.11. The highest BCUT2D eigenvalue weighted by Gasteiger charge is 2.52. The molecule has 0 saturated carbocycles. The molecule has 0 N–H and O–H groups in total. The first-order valence-corrected chi connectivity index (χ1v) is 10.5. The molecule has 3 saturated heterocycles. The fourth-order valence-electron chi connectivity index (χ4n) is 5.15. The lowest BCUT2D eigenvalue weighted by atomic mass is 9.88. The molecule has 3 aliphatic heterocycles. The summed E-state index contributed by atoms with van der Waals surface area (Å²) in [5, 5.41) is 0. The average molecular weight is 380 g/mol. The van der Waals surface area contributed by atoms with E-state index in [1.54, 1.807) is 0 Å². The molecule has 0 bridgehead atoms. The molecule has 0 aliphatic carbocycles. The highest BCUT2D eigenvalue weighted by molar-refractivity contribution is 5.97. The van der Waals surface area contributed by atoms with Gasteiger partial charge < -0.3 is 14.2 Å². The highest BCUT2D eigenvalue weighted by atomic mass is 16.5. The molecule has 2 aromatic rings. The van der Waals surface area contributed by atoms with Gasteiger partial charge in [-0.25, -0.2) is 0 Å². The van der Waals surface area contributed by atoms with E-state index < -0.39 is 0 Å². The number of amides is 1. The number of benzene rings is 1. The molecular formula is C23H29N3O2. The summed E-state index contributed by atoms with van der Waals surface area (Å²) < 4.78 is 8.32. The molecule has 1 amide bonds. The van der Waals surface area contributed by atoms with Crippen LogP contribution in [0.3, 0.4) is 0 Å². The second kappa shape index (κ2) is 6.75. The van der Waals surface area contributed by atoms with Crippen molar-refractivity contribution in [2.75, 3.05) is 32.8 Å². The van der Waals surface area contributed by atoms with E-state index >= 15 is 0 Å². The van der Waals surface area contributed by atoms with Crippen molar-refractivity contribution in [1.82, 2.24) is 14.4 Å². The van der Waals surface area contributed by atoms with Gasteiger partial charge in [-0.3, -0.25) is 9.69 Å². The summed E-state index contributed by atoms with van der Waals surface area (Å²) in [6, 6.07) is 12.9. The number of hydrogen-bond acceptors (Lipinski definition) is 3. The van der Waals surface area contributed by atoms with E-state index in [2.05, 4.69) is 21.6 Å². The Balaban J connectivity index is 1.28. The first-order chi connectivity index (χ1) is 13.6. The molecule has 0 radical (unpaired) electrons. The van der Waals surface area contributed by atoms with Crippen LogP contribution < -0.4 is 0 Å². The topological polar surface area (TPSA) is 37.7 Å². The Labute approximate surface area is 166 Å². The van der Waals surface area contributed by atoms with E-state index in [4.69, 9.17) is 4.74 Å². The van der Waals surface area contributed by atoms with Crippen LogP contribution in [0.25, 0.3) is 11.3 Å². The van der Waals surface area contributed by atoms with Crippen molar-refractivity contribution in [3.05, 3.63) is 47.7 Å².